The molecule has 12 nitrogen and oxygen atoms in total. The fraction of sp³-hybridized carbons (Fsp3) is 0.500. The van der Waals surface area contributed by atoms with Gasteiger partial charge in [0.25, 0.3) is 0 Å². The molecule has 0 atom stereocenters. The van der Waals surface area contributed by atoms with E-state index in [1.54, 1.807) is 4.90 Å². The number of ether oxygens (including phenoxy) is 3. The number of benzene rings is 1. The third-order valence-electron chi connectivity index (χ3n) is 8.20. The number of aromatic nitrogens is 3. The Hall–Kier alpha value is -4.45. The number of carbonyl (C=O) groups excluding carboxylic acids is 2. The predicted molar refractivity (Wildman–Crippen MR) is 175 cm³/mol. The molecule has 3 aliphatic rings. The van der Waals surface area contributed by atoms with Crippen LogP contribution in [0.15, 0.2) is 36.7 Å². The zero-order chi connectivity index (χ0) is 32.6. The molecular weight excluding hydrogens is 586 g/mol. The van der Waals surface area contributed by atoms with Gasteiger partial charge in [0.15, 0.2) is 0 Å². The molecule has 1 fully saturated rings. The number of hydrogen-bond donors (Lipinski definition) is 1. The molecule has 0 saturated carbocycles. The van der Waals surface area contributed by atoms with Crippen LogP contribution in [0.5, 0.6) is 5.88 Å². The van der Waals surface area contributed by atoms with Crippen LogP contribution in [0.3, 0.4) is 0 Å². The molecule has 2 aromatic heterocycles. The highest BCUT2D eigenvalue weighted by Gasteiger charge is 2.33. The van der Waals surface area contributed by atoms with Crippen LogP contribution >= 0.6 is 0 Å². The van der Waals surface area contributed by atoms with Gasteiger partial charge in [-0.05, 0) is 71.2 Å². The van der Waals surface area contributed by atoms with Crippen molar-refractivity contribution in [3.8, 4) is 5.88 Å². The van der Waals surface area contributed by atoms with Gasteiger partial charge in [-0.3, -0.25) is 9.69 Å². The van der Waals surface area contributed by atoms with E-state index in [0.717, 1.165) is 46.7 Å². The highest BCUT2D eigenvalue weighted by molar-refractivity contribution is 5.92. The molecule has 0 unspecified atom stereocenters. The van der Waals surface area contributed by atoms with Crippen molar-refractivity contribution >= 4 is 35.0 Å². The number of fused-ring (bicyclic) bond motifs is 2. The van der Waals surface area contributed by atoms with Crippen LogP contribution in [0.4, 0.5) is 27.8 Å². The second-order valence-electron chi connectivity index (χ2n) is 13.3. The zero-order valence-electron chi connectivity index (χ0n) is 27.5. The van der Waals surface area contributed by atoms with Gasteiger partial charge in [0.05, 0.1) is 49.3 Å². The van der Waals surface area contributed by atoms with Crippen LogP contribution in [0.2, 0.25) is 0 Å². The summed E-state index contributed by atoms with van der Waals surface area (Å²) in [6.07, 6.45) is 4.74. The maximum absolute atomic E-state index is 13.1. The molecule has 0 spiro atoms. The Bertz CT molecular complexity index is 1600. The molecule has 2 amide bonds. The second-order valence-corrected chi connectivity index (χ2v) is 13.3. The van der Waals surface area contributed by atoms with E-state index < -0.39 is 11.7 Å². The molecule has 0 aliphatic carbocycles. The molecule has 0 radical (unpaired) electrons. The number of hydrogen-bond acceptors (Lipinski definition) is 10. The predicted octanol–water partition coefficient (Wildman–Crippen LogP) is 4.80. The fourth-order valence-electron chi connectivity index (χ4n) is 5.95. The molecule has 12 heteroatoms. The summed E-state index contributed by atoms with van der Waals surface area (Å²) in [4.78, 5) is 45.4. The van der Waals surface area contributed by atoms with E-state index in [9.17, 15) is 9.59 Å². The molecule has 5 heterocycles. The number of rotatable bonds is 7. The topological polar surface area (TPSA) is 122 Å². The van der Waals surface area contributed by atoms with Crippen molar-refractivity contribution in [2.45, 2.75) is 78.7 Å². The summed E-state index contributed by atoms with van der Waals surface area (Å²) in [5.74, 6) is 1.05. The van der Waals surface area contributed by atoms with Crippen molar-refractivity contribution in [3.05, 3.63) is 59.0 Å². The Morgan fingerprint density at radius 1 is 1.09 bits per heavy atom. The van der Waals surface area contributed by atoms with E-state index >= 15 is 0 Å². The lowest BCUT2D eigenvalue weighted by atomic mass is 10.0. The maximum atomic E-state index is 13.1. The number of nitrogens with one attached hydrogen (secondary N) is 1. The number of anilines is 4. The molecule has 6 rings (SSSR count). The van der Waals surface area contributed by atoms with Gasteiger partial charge in [-0.15, -0.1) is 0 Å². The number of likely N-dealkylation sites (tertiary alicyclic amines) is 1. The summed E-state index contributed by atoms with van der Waals surface area (Å²) >= 11 is 0. The van der Waals surface area contributed by atoms with Crippen molar-refractivity contribution < 1.29 is 23.8 Å². The monoisotopic (exact) mass is 629 g/mol. The minimum atomic E-state index is -0.612. The Morgan fingerprint density at radius 2 is 1.85 bits per heavy atom. The van der Waals surface area contributed by atoms with Crippen molar-refractivity contribution in [2.75, 3.05) is 47.9 Å². The van der Waals surface area contributed by atoms with Crippen molar-refractivity contribution in [1.82, 2.24) is 19.9 Å². The Morgan fingerprint density at radius 3 is 2.57 bits per heavy atom. The largest absolute Gasteiger partial charge is 0.474 e. The van der Waals surface area contributed by atoms with E-state index in [0.29, 0.717) is 56.7 Å². The van der Waals surface area contributed by atoms with E-state index in [-0.39, 0.29) is 18.1 Å². The Kier molecular flexibility index (Phi) is 8.73. The fourth-order valence-corrected chi connectivity index (χ4v) is 5.95. The first kappa shape index (κ1) is 31.5. The van der Waals surface area contributed by atoms with E-state index in [1.807, 2.05) is 83.1 Å². The van der Waals surface area contributed by atoms with E-state index in [1.165, 1.54) is 0 Å². The average Bonchev–Trinajstić information content (AvgIpc) is 2.98. The van der Waals surface area contributed by atoms with Gasteiger partial charge in [-0.25, -0.2) is 19.7 Å². The van der Waals surface area contributed by atoms with Crippen LogP contribution in [0.25, 0.3) is 0 Å². The lowest BCUT2D eigenvalue weighted by molar-refractivity contribution is -0.147. The summed E-state index contributed by atoms with van der Waals surface area (Å²) in [6.45, 7) is 15.0. The van der Waals surface area contributed by atoms with E-state index in [4.69, 9.17) is 19.2 Å². The summed E-state index contributed by atoms with van der Waals surface area (Å²) in [5, 5.41) is 3.31. The molecule has 3 aliphatic heterocycles. The third kappa shape index (κ3) is 7.01. The SMILES string of the molecule is Cc1c(N2CCc3cnc(Nc4ccc(CC(=O)N5CC(OC(C)C)C5)cc4)nc3C2)cnc2c1N(C(=O)OC(C)(C)C)CCO2. The number of carbonyl (C=O) groups is 2. The standard InChI is InChI=1S/C34H43N7O5/c1-21(2)45-26-18-40(19-26)29(42)15-23-7-9-25(10-8-23)37-32-36-16-24-11-12-39(20-27(24)38-32)28-17-35-31-30(22(28)3)41(13-14-44-31)33(43)46-34(4,5)6/h7-10,16-17,21,26H,11-15,18-20H2,1-6H3,(H,36,37,38). The van der Waals surface area contributed by atoms with Crippen LogP contribution in [-0.2, 0) is 33.7 Å². The van der Waals surface area contributed by atoms with E-state index in [2.05, 4.69) is 20.2 Å². The first-order valence-electron chi connectivity index (χ1n) is 16.0. The highest BCUT2D eigenvalue weighted by atomic mass is 16.6. The molecule has 3 aromatic rings. The molecule has 0 bridgehead atoms. The Labute approximate surface area is 270 Å². The maximum Gasteiger partial charge on any atom is 0.415 e. The van der Waals surface area contributed by atoms with Gasteiger partial charge in [-0.1, -0.05) is 12.1 Å². The number of pyridine rings is 1. The van der Waals surface area contributed by atoms with Gasteiger partial charge in [0.2, 0.25) is 17.7 Å². The van der Waals surface area contributed by atoms with Crippen molar-refractivity contribution in [2.24, 2.45) is 0 Å². The third-order valence-corrected chi connectivity index (χ3v) is 8.20. The zero-order valence-corrected chi connectivity index (χ0v) is 27.5. The highest BCUT2D eigenvalue weighted by Crippen LogP contribution is 2.39. The number of nitrogens with zero attached hydrogens (tertiary/aromatic N) is 6. The van der Waals surface area contributed by atoms with Crippen molar-refractivity contribution in [3.63, 3.8) is 0 Å². The van der Waals surface area contributed by atoms with Crippen LogP contribution in [0, 0.1) is 6.92 Å². The summed E-state index contributed by atoms with van der Waals surface area (Å²) < 4.78 is 17.3. The van der Waals surface area contributed by atoms with Gasteiger partial charge >= 0.3 is 6.09 Å². The average molecular weight is 630 g/mol. The second kappa shape index (κ2) is 12.7. The quantitative estimate of drug-likeness (QED) is 0.390. The molecule has 46 heavy (non-hydrogen) atoms. The smallest absolute Gasteiger partial charge is 0.415 e. The van der Waals surface area contributed by atoms with Gasteiger partial charge in [-0.2, -0.15) is 0 Å². The van der Waals surface area contributed by atoms with Crippen LogP contribution in [0.1, 0.15) is 57.0 Å². The number of amides is 2. The Balaban J connectivity index is 1.11. The van der Waals surface area contributed by atoms with Crippen LogP contribution in [-0.4, -0.2) is 82.4 Å². The first-order valence-corrected chi connectivity index (χ1v) is 16.0. The molecular formula is C34H43N7O5. The lowest BCUT2D eigenvalue weighted by Crippen LogP contribution is -2.55. The van der Waals surface area contributed by atoms with Gasteiger partial charge < -0.3 is 29.3 Å². The summed E-state index contributed by atoms with van der Waals surface area (Å²) in [7, 11) is 0. The minimum Gasteiger partial charge on any atom is -0.474 e. The normalized spacial score (nSPS) is 16.4. The molecule has 1 N–H and O–H groups in total. The molecule has 1 saturated heterocycles. The molecule has 1 aromatic carbocycles. The van der Waals surface area contributed by atoms with Gasteiger partial charge in [0.1, 0.15) is 17.9 Å². The summed E-state index contributed by atoms with van der Waals surface area (Å²) in [6, 6.07) is 7.80. The summed E-state index contributed by atoms with van der Waals surface area (Å²) in [5.41, 5.74) is 5.69. The first-order chi connectivity index (χ1) is 21.9. The minimum absolute atomic E-state index is 0.112. The molecule has 244 valence electrons. The van der Waals surface area contributed by atoms with Crippen LogP contribution < -0.4 is 19.9 Å². The van der Waals surface area contributed by atoms with Crippen molar-refractivity contribution in [1.29, 1.82) is 0 Å². The lowest BCUT2D eigenvalue weighted by Gasteiger charge is -2.39. The van der Waals surface area contributed by atoms with Gasteiger partial charge in [0, 0.05) is 37.1 Å².